The number of hydrogen-bond donors (Lipinski definition) is 2. The highest BCUT2D eigenvalue weighted by Crippen LogP contribution is 2.38. The van der Waals surface area contributed by atoms with E-state index in [-0.39, 0.29) is 11.7 Å². The largest absolute Gasteiger partial charge is 0.370 e. The Morgan fingerprint density at radius 2 is 1.89 bits per heavy atom. The van der Waals surface area contributed by atoms with Crippen LogP contribution in [0.5, 0.6) is 0 Å². The highest BCUT2D eigenvalue weighted by Gasteiger charge is 2.33. The molecule has 0 spiro atoms. The zero-order valence-electron chi connectivity index (χ0n) is 20.3. The number of ether oxygens (including phenoxy) is 1. The molecule has 1 aliphatic rings. The van der Waals surface area contributed by atoms with Gasteiger partial charge in [-0.05, 0) is 50.1 Å². The number of anilines is 3. The van der Waals surface area contributed by atoms with Crippen LogP contribution < -0.4 is 10.6 Å². The minimum Gasteiger partial charge on any atom is -0.370 e. The molecule has 0 atom stereocenters. The Balaban J connectivity index is 1.55. The topological polar surface area (TPSA) is 104 Å². The average Bonchev–Trinajstić information content (AvgIpc) is 3.28. The van der Waals surface area contributed by atoms with E-state index in [1.807, 2.05) is 79.8 Å². The molecule has 0 fully saturated rings. The van der Waals surface area contributed by atoms with Crippen molar-refractivity contribution in [2.75, 3.05) is 16.4 Å². The minimum absolute atomic E-state index is 0.141. The fourth-order valence-electron chi connectivity index (χ4n) is 4.32. The van der Waals surface area contributed by atoms with Gasteiger partial charge < -0.3 is 15.4 Å². The molecule has 0 saturated heterocycles. The van der Waals surface area contributed by atoms with E-state index in [0.717, 1.165) is 28.1 Å². The molecule has 0 aliphatic carbocycles. The Morgan fingerprint density at radius 3 is 2.64 bits per heavy atom. The van der Waals surface area contributed by atoms with Crippen molar-refractivity contribution < 1.29 is 9.53 Å². The number of thioether (sulfide) groups is 1. The highest BCUT2D eigenvalue weighted by atomic mass is 32.2. The van der Waals surface area contributed by atoms with E-state index in [2.05, 4.69) is 26.9 Å². The molecule has 8 nitrogen and oxygen atoms in total. The van der Waals surface area contributed by atoms with Crippen molar-refractivity contribution >= 4 is 40.5 Å². The van der Waals surface area contributed by atoms with Crippen molar-refractivity contribution in [3.05, 3.63) is 76.9 Å². The number of aryl methyl sites for hydroxylation is 1. The molecule has 2 N–H and O–H groups in total. The van der Waals surface area contributed by atoms with Gasteiger partial charge in [0.25, 0.3) is 0 Å². The van der Waals surface area contributed by atoms with Crippen molar-refractivity contribution in [2.24, 2.45) is 0 Å². The number of fused-ring (bicyclic) bond motifs is 3. The lowest BCUT2D eigenvalue weighted by Crippen LogP contribution is -2.33. The van der Waals surface area contributed by atoms with Crippen LogP contribution in [0.1, 0.15) is 36.1 Å². The molecule has 0 unspecified atom stereocenters. The zero-order chi connectivity index (χ0) is 25.3. The van der Waals surface area contributed by atoms with E-state index in [4.69, 9.17) is 4.74 Å². The molecule has 182 valence electrons. The number of benzene rings is 2. The molecule has 2 aromatic carbocycles. The van der Waals surface area contributed by atoms with Gasteiger partial charge in [0.2, 0.25) is 5.91 Å². The predicted molar refractivity (Wildman–Crippen MR) is 141 cm³/mol. The molecule has 0 saturated carbocycles. The number of nitrogens with zero attached hydrogens (tertiary/aromatic N) is 4. The first-order chi connectivity index (χ1) is 17.4. The second-order valence-electron chi connectivity index (χ2n) is 9.30. The van der Waals surface area contributed by atoms with Crippen LogP contribution in [0.2, 0.25) is 0 Å². The standard InChI is InChI=1S/C27H26N6O2S/c1-17-9-7-8-12-22(17)30-23(34)16-36-26-32-31-25-21-15-35-27(2,3)13-19(21)20(14-28)24(33(25)26)29-18-10-5-4-6-11-18/h4-12,29H,13,15-16H2,1-3H3,(H,30,34). The predicted octanol–water partition coefficient (Wildman–Crippen LogP) is 5.24. The molecule has 5 rings (SSSR count). The maximum Gasteiger partial charge on any atom is 0.234 e. The third-order valence-corrected chi connectivity index (χ3v) is 7.07. The minimum atomic E-state index is -0.397. The summed E-state index contributed by atoms with van der Waals surface area (Å²) in [6.45, 7) is 6.32. The van der Waals surface area contributed by atoms with Crippen LogP contribution in [0, 0.1) is 18.3 Å². The van der Waals surface area contributed by atoms with E-state index < -0.39 is 5.60 Å². The van der Waals surface area contributed by atoms with Crippen LogP contribution in [-0.2, 0) is 22.6 Å². The fourth-order valence-corrected chi connectivity index (χ4v) is 5.06. The number of nitrogens with one attached hydrogen (secondary N) is 2. The molecule has 1 aliphatic heterocycles. The molecular weight excluding hydrogens is 472 g/mol. The second kappa shape index (κ2) is 9.64. The van der Waals surface area contributed by atoms with Gasteiger partial charge in [-0.15, -0.1) is 10.2 Å². The van der Waals surface area contributed by atoms with Crippen molar-refractivity contribution in [2.45, 2.75) is 44.6 Å². The number of carbonyl (C=O) groups excluding carboxylic acids is 1. The van der Waals surface area contributed by atoms with Gasteiger partial charge in [-0.3, -0.25) is 9.20 Å². The molecule has 1 amide bonds. The summed E-state index contributed by atoms with van der Waals surface area (Å²) in [5.74, 6) is 0.580. The molecule has 0 bridgehead atoms. The third kappa shape index (κ3) is 4.65. The van der Waals surface area contributed by atoms with Gasteiger partial charge in [-0.1, -0.05) is 48.2 Å². The highest BCUT2D eigenvalue weighted by molar-refractivity contribution is 7.99. The Bertz CT molecular complexity index is 1490. The molecule has 9 heteroatoms. The Labute approximate surface area is 213 Å². The average molecular weight is 499 g/mol. The number of aromatic nitrogens is 3. The van der Waals surface area contributed by atoms with Gasteiger partial charge in [0, 0.05) is 23.4 Å². The molecule has 3 heterocycles. The molecule has 2 aromatic heterocycles. The smallest absolute Gasteiger partial charge is 0.234 e. The second-order valence-corrected chi connectivity index (χ2v) is 10.2. The maximum atomic E-state index is 12.7. The first-order valence-corrected chi connectivity index (χ1v) is 12.6. The lowest BCUT2D eigenvalue weighted by atomic mass is 9.89. The van der Waals surface area contributed by atoms with Gasteiger partial charge in [0.05, 0.1) is 23.5 Å². The molecule has 36 heavy (non-hydrogen) atoms. The number of hydrogen-bond acceptors (Lipinski definition) is 7. The summed E-state index contributed by atoms with van der Waals surface area (Å²) in [7, 11) is 0. The molecule has 4 aromatic rings. The summed E-state index contributed by atoms with van der Waals surface area (Å²) in [5, 5.41) is 26.0. The lowest BCUT2D eigenvalue weighted by Gasteiger charge is -2.33. The third-order valence-electron chi connectivity index (χ3n) is 6.14. The van der Waals surface area contributed by atoms with Crippen molar-refractivity contribution in [3.8, 4) is 6.07 Å². The normalized spacial score (nSPS) is 14.2. The Kier molecular flexibility index (Phi) is 6.39. The first-order valence-electron chi connectivity index (χ1n) is 11.6. The molecular formula is C27H26N6O2S. The van der Waals surface area contributed by atoms with Crippen LogP contribution in [0.15, 0.2) is 59.8 Å². The summed E-state index contributed by atoms with van der Waals surface area (Å²) in [4.78, 5) is 12.7. The van der Waals surface area contributed by atoms with Gasteiger partial charge in [-0.25, -0.2) is 0 Å². The summed E-state index contributed by atoms with van der Waals surface area (Å²) in [5.41, 5.74) is 5.14. The summed E-state index contributed by atoms with van der Waals surface area (Å²) < 4.78 is 7.89. The summed E-state index contributed by atoms with van der Waals surface area (Å²) >= 11 is 1.27. The van der Waals surface area contributed by atoms with Gasteiger partial charge in [-0.2, -0.15) is 5.26 Å². The van der Waals surface area contributed by atoms with Crippen molar-refractivity contribution in [3.63, 3.8) is 0 Å². The number of amides is 1. The Morgan fingerprint density at radius 1 is 1.14 bits per heavy atom. The zero-order valence-corrected chi connectivity index (χ0v) is 21.1. The summed E-state index contributed by atoms with van der Waals surface area (Å²) in [6.07, 6.45) is 0.583. The van der Waals surface area contributed by atoms with E-state index in [0.29, 0.717) is 35.2 Å². The number of para-hydroxylation sites is 2. The van der Waals surface area contributed by atoms with E-state index in [1.165, 1.54) is 11.8 Å². The van der Waals surface area contributed by atoms with Gasteiger partial charge >= 0.3 is 0 Å². The van der Waals surface area contributed by atoms with Crippen LogP contribution in [0.3, 0.4) is 0 Å². The monoisotopic (exact) mass is 498 g/mol. The lowest BCUT2D eigenvalue weighted by molar-refractivity contribution is -0.113. The van der Waals surface area contributed by atoms with Gasteiger partial charge in [0.1, 0.15) is 11.9 Å². The van der Waals surface area contributed by atoms with Gasteiger partial charge in [0.15, 0.2) is 10.8 Å². The first kappa shape index (κ1) is 23.9. The van der Waals surface area contributed by atoms with Crippen LogP contribution in [0.4, 0.5) is 17.2 Å². The van der Waals surface area contributed by atoms with Crippen LogP contribution in [0.25, 0.3) is 5.65 Å². The Hall–Kier alpha value is -3.87. The van der Waals surface area contributed by atoms with Crippen LogP contribution >= 0.6 is 11.8 Å². The molecule has 0 radical (unpaired) electrons. The quantitative estimate of drug-likeness (QED) is 0.351. The van der Waals surface area contributed by atoms with Crippen molar-refractivity contribution in [1.82, 2.24) is 14.6 Å². The maximum absolute atomic E-state index is 12.7. The number of pyridine rings is 1. The van der Waals surface area contributed by atoms with E-state index in [9.17, 15) is 10.1 Å². The van der Waals surface area contributed by atoms with E-state index in [1.54, 1.807) is 0 Å². The van der Waals surface area contributed by atoms with Crippen molar-refractivity contribution in [1.29, 1.82) is 5.26 Å². The fraction of sp³-hybridized carbons (Fsp3) is 0.259. The van der Waals surface area contributed by atoms with Crippen LogP contribution in [-0.4, -0.2) is 31.9 Å². The number of rotatable bonds is 6. The summed E-state index contributed by atoms with van der Waals surface area (Å²) in [6, 6.07) is 19.7. The SMILES string of the molecule is Cc1ccccc1NC(=O)CSc1nnc2c3c(c(C#N)c(Nc4ccccc4)n12)CC(C)(C)OC3. The van der Waals surface area contributed by atoms with E-state index >= 15 is 0 Å². The number of carbonyl (C=O) groups is 1. The number of nitriles is 1.